The maximum absolute atomic E-state index is 12.3. The van der Waals surface area contributed by atoms with E-state index in [1.54, 1.807) is 48.5 Å². The first-order chi connectivity index (χ1) is 10.5. The summed E-state index contributed by atoms with van der Waals surface area (Å²) in [5, 5.41) is 9.59. The quantitative estimate of drug-likeness (QED) is 0.857. The van der Waals surface area contributed by atoms with Gasteiger partial charge in [0.25, 0.3) is 0 Å². The number of rotatable bonds is 5. The summed E-state index contributed by atoms with van der Waals surface area (Å²) < 4.78 is 5.50. The molecule has 4 nitrogen and oxygen atoms in total. The van der Waals surface area contributed by atoms with Crippen LogP contribution in [0.5, 0.6) is 5.75 Å². The van der Waals surface area contributed by atoms with Gasteiger partial charge in [-0.25, -0.2) is 4.79 Å². The topological polar surface area (TPSA) is 63.6 Å². The maximum atomic E-state index is 12.3. The van der Waals surface area contributed by atoms with Gasteiger partial charge >= 0.3 is 5.97 Å². The number of ether oxygens (including phenoxy) is 1. The molecule has 2 aromatic rings. The van der Waals surface area contributed by atoms with Crippen molar-refractivity contribution in [1.82, 2.24) is 0 Å². The van der Waals surface area contributed by atoms with E-state index in [-0.39, 0.29) is 5.78 Å². The van der Waals surface area contributed by atoms with Crippen LogP contribution in [0.15, 0.2) is 48.5 Å². The Labute approximate surface area is 132 Å². The van der Waals surface area contributed by atoms with Crippen molar-refractivity contribution in [3.63, 3.8) is 0 Å². The molecule has 0 radical (unpaired) electrons. The fraction of sp³-hybridized carbons (Fsp3) is 0.176. The van der Waals surface area contributed by atoms with Gasteiger partial charge in [-0.15, -0.1) is 0 Å². The van der Waals surface area contributed by atoms with Crippen LogP contribution in [0, 0.1) is 0 Å². The standard InChI is InChI=1S/C17H13ClO4/c18-13-3-1-2-12(10-13)15(19)11-4-6-14(7-5-11)22-17(8-9-17)16(20)21/h1-7,10H,8-9H2,(H,20,21). The van der Waals surface area contributed by atoms with Crippen molar-refractivity contribution >= 4 is 23.4 Å². The smallest absolute Gasteiger partial charge is 0.348 e. The van der Waals surface area contributed by atoms with Crippen LogP contribution < -0.4 is 4.74 Å². The van der Waals surface area contributed by atoms with Crippen LogP contribution in [0.1, 0.15) is 28.8 Å². The molecule has 0 amide bonds. The highest BCUT2D eigenvalue weighted by molar-refractivity contribution is 6.31. The van der Waals surface area contributed by atoms with E-state index in [9.17, 15) is 9.59 Å². The molecular formula is C17H13ClO4. The zero-order chi connectivity index (χ0) is 15.7. The van der Waals surface area contributed by atoms with Gasteiger partial charge in [-0.2, -0.15) is 0 Å². The van der Waals surface area contributed by atoms with Crippen LogP contribution >= 0.6 is 11.6 Å². The second-order valence-electron chi connectivity index (χ2n) is 5.27. The number of aliphatic carboxylic acids is 1. The average molecular weight is 317 g/mol. The number of carboxylic acid groups (broad SMARTS) is 1. The Morgan fingerprint density at radius 1 is 1.05 bits per heavy atom. The molecule has 1 fully saturated rings. The van der Waals surface area contributed by atoms with Crippen LogP contribution in [0.2, 0.25) is 5.02 Å². The first kappa shape index (κ1) is 14.6. The van der Waals surface area contributed by atoms with E-state index in [1.807, 2.05) is 0 Å². The van der Waals surface area contributed by atoms with E-state index in [0.29, 0.717) is 34.7 Å². The Bertz CT molecular complexity index is 733. The predicted molar refractivity (Wildman–Crippen MR) is 81.6 cm³/mol. The molecule has 0 aliphatic heterocycles. The molecule has 2 aromatic carbocycles. The third-order valence-electron chi connectivity index (χ3n) is 3.61. The zero-order valence-electron chi connectivity index (χ0n) is 11.6. The van der Waals surface area contributed by atoms with E-state index in [1.165, 1.54) is 0 Å². The van der Waals surface area contributed by atoms with E-state index in [4.69, 9.17) is 21.4 Å². The highest BCUT2D eigenvalue weighted by atomic mass is 35.5. The van der Waals surface area contributed by atoms with Gasteiger partial charge in [0, 0.05) is 29.0 Å². The molecule has 1 aliphatic rings. The van der Waals surface area contributed by atoms with E-state index < -0.39 is 11.6 Å². The number of carbonyl (C=O) groups is 2. The van der Waals surface area contributed by atoms with Crippen molar-refractivity contribution in [2.24, 2.45) is 0 Å². The summed E-state index contributed by atoms with van der Waals surface area (Å²) in [7, 11) is 0. The van der Waals surface area contributed by atoms with Crippen molar-refractivity contribution in [1.29, 1.82) is 0 Å². The summed E-state index contributed by atoms with van der Waals surface area (Å²) in [5.41, 5.74) is -0.0847. The minimum atomic E-state index is -1.08. The number of halogens is 1. The van der Waals surface area contributed by atoms with E-state index in [0.717, 1.165) is 0 Å². The van der Waals surface area contributed by atoms with E-state index >= 15 is 0 Å². The van der Waals surface area contributed by atoms with Gasteiger partial charge in [0.1, 0.15) is 5.75 Å². The van der Waals surface area contributed by atoms with E-state index in [2.05, 4.69) is 0 Å². The number of ketones is 1. The molecule has 0 saturated heterocycles. The molecular weight excluding hydrogens is 304 g/mol. The van der Waals surface area contributed by atoms with Gasteiger partial charge in [0.05, 0.1) is 0 Å². The molecule has 1 aliphatic carbocycles. The largest absolute Gasteiger partial charge is 0.478 e. The van der Waals surface area contributed by atoms with Gasteiger partial charge in [-0.1, -0.05) is 23.7 Å². The van der Waals surface area contributed by atoms with Crippen LogP contribution in [0.25, 0.3) is 0 Å². The summed E-state index contributed by atoms with van der Waals surface area (Å²) in [6.07, 6.45) is 1.01. The Morgan fingerprint density at radius 2 is 1.73 bits per heavy atom. The molecule has 3 rings (SSSR count). The Kier molecular flexibility index (Phi) is 3.62. The number of hydrogen-bond acceptors (Lipinski definition) is 3. The highest BCUT2D eigenvalue weighted by Crippen LogP contribution is 2.40. The van der Waals surface area contributed by atoms with Gasteiger partial charge < -0.3 is 9.84 Å². The van der Waals surface area contributed by atoms with Crippen LogP contribution in [0.4, 0.5) is 0 Å². The van der Waals surface area contributed by atoms with Crippen molar-refractivity contribution in [2.75, 3.05) is 0 Å². The monoisotopic (exact) mass is 316 g/mol. The van der Waals surface area contributed by atoms with Gasteiger partial charge in [0.15, 0.2) is 5.78 Å². The molecule has 0 bridgehead atoms. The molecule has 0 aromatic heterocycles. The lowest BCUT2D eigenvalue weighted by Gasteiger charge is -2.13. The first-order valence-electron chi connectivity index (χ1n) is 6.83. The number of hydrogen-bond donors (Lipinski definition) is 1. The molecule has 0 heterocycles. The van der Waals surface area contributed by atoms with Crippen molar-refractivity contribution in [2.45, 2.75) is 18.4 Å². The third-order valence-corrected chi connectivity index (χ3v) is 3.85. The number of carbonyl (C=O) groups excluding carboxylic acids is 1. The lowest BCUT2D eigenvalue weighted by atomic mass is 10.0. The molecule has 0 unspecified atom stereocenters. The highest BCUT2D eigenvalue weighted by Gasteiger charge is 2.53. The summed E-state index contributed by atoms with van der Waals surface area (Å²) in [4.78, 5) is 23.4. The van der Waals surface area contributed by atoms with Gasteiger partial charge in [-0.05, 0) is 36.4 Å². The summed E-state index contributed by atoms with van der Waals surface area (Å²) in [6.45, 7) is 0. The fourth-order valence-corrected chi connectivity index (χ4v) is 2.36. The third kappa shape index (κ3) is 2.83. The SMILES string of the molecule is O=C(c1ccc(OC2(C(=O)O)CC2)cc1)c1cccc(Cl)c1. The Balaban J connectivity index is 1.77. The van der Waals surface area contributed by atoms with Gasteiger partial charge in [-0.3, -0.25) is 4.79 Å². The number of carboxylic acids is 1. The van der Waals surface area contributed by atoms with Crippen LogP contribution in [0.3, 0.4) is 0 Å². The molecule has 1 N–H and O–H groups in total. The van der Waals surface area contributed by atoms with Crippen molar-refractivity contribution in [3.05, 3.63) is 64.7 Å². The van der Waals surface area contributed by atoms with Gasteiger partial charge in [0.2, 0.25) is 5.60 Å². The predicted octanol–water partition coefficient (Wildman–Crippen LogP) is 3.57. The molecule has 0 atom stereocenters. The summed E-state index contributed by atoms with van der Waals surface area (Å²) in [5.74, 6) is -0.650. The Hall–Kier alpha value is -2.33. The molecule has 112 valence electrons. The second kappa shape index (κ2) is 5.46. The van der Waals surface area contributed by atoms with Crippen LogP contribution in [-0.4, -0.2) is 22.5 Å². The minimum Gasteiger partial charge on any atom is -0.478 e. The molecule has 0 spiro atoms. The Morgan fingerprint density at radius 3 is 2.27 bits per heavy atom. The zero-order valence-corrected chi connectivity index (χ0v) is 12.3. The second-order valence-corrected chi connectivity index (χ2v) is 5.70. The average Bonchev–Trinajstić information content (AvgIpc) is 3.28. The molecule has 22 heavy (non-hydrogen) atoms. The fourth-order valence-electron chi connectivity index (χ4n) is 2.17. The van der Waals surface area contributed by atoms with Crippen LogP contribution in [-0.2, 0) is 4.79 Å². The first-order valence-corrected chi connectivity index (χ1v) is 7.21. The summed E-state index contributed by atoms with van der Waals surface area (Å²) >= 11 is 5.88. The minimum absolute atomic E-state index is 0.145. The van der Waals surface area contributed by atoms with Crippen molar-refractivity contribution < 1.29 is 19.4 Å². The molecule has 1 saturated carbocycles. The normalized spacial score (nSPS) is 15.1. The summed E-state index contributed by atoms with van der Waals surface area (Å²) in [6, 6.07) is 13.2. The van der Waals surface area contributed by atoms with Crippen molar-refractivity contribution in [3.8, 4) is 5.75 Å². The lowest BCUT2D eigenvalue weighted by Crippen LogP contribution is -2.28. The molecule has 5 heteroatoms. The number of benzene rings is 2. The lowest BCUT2D eigenvalue weighted by molar-refractivity contribution is -0.147. The maximum Gasteiger partial charge on any atom is 0.348 e.